The number of anilines is 1. The van der Waals surface area contributed by atoms with E-state index in [1.165, 1.54) is 29.6 Å². The zero-order chi connectivity index (χ0) is 17.5. The molecule has 128 valence electrons. The Kier molecular flexibility index (Phi) is 4.13. The minimum Gasteiger partial charge on any atom is -0.497 e. The Morgan fingerprint density at radius 1 is 1.17 bits per heavy atom. The Balaban J connectivity index is 2.16. The van der Waals surface area contributed by atoms with E-state index in [1.807, 2.05) is 0 Å². The summed E-state index contributed by atoms with van der Waals surface area (Å²) in [4.78, 5) is 0.209. The molecule has 0 unspecified atom stereocenters. The maximum absolute atomic E-state index is 13.6. The van der Waals surface area contributed by atoms with Crippen LogP contribution in [0, 0.1) is 19.7 Å². The average Bonchev–Trinajstić information content (AvgIpc) is 2.53. The van der Waals surface area contributed by atoms with Crippen LogP contribution < -0.4 is 13.8 Å². The largest absolute Gasteiger partial charge is 0.497 e. The number of methoxy groups -OCH3 is 1. The third-order valence-corrected chi connectivity index (χ3v) is 6.08. The summed E-state index contributed by atoms with van der Waals surface area (Å²) in [5.41, 5.74) is 1.38. The van der Waals surface area contributed by atoms with Gasteiger partial charge in [-0.3, -0.25) is 4.31 Å². The molecule has 24 heavy (non-hydrogen) atoms. The quantitative estimate of drug-likeness (QED) is 0.853. The fourth-order valence-corrected chi connectivity index (χ4v) is 4.83. The van der Waals surface area contributed by atoms with Crippen molar-refractivity contribution in [2.24, 2.45) is 0 Å². The fraction of sp³-hybridized carbons (Fsp3) is 0.294. The van der Waals surface area contributed by atoms with Crippen LogP contribution in [-0.4, -0.2) is 28.7 Å². The van der Waals surface area contributed by atoms with Gasteiger partial charge in [-0.2, -0.15) is 0 Å². The van der Waals surface area contributed by atoms with Crippen LogP contribution in [0.5, 0.6) is 11.5 Å². The molecule has 1 aliphatic rings. The number of benzene rings is 2. The topological polar surface area (TPSA) is 55.8 Å². The number of halogens is 1. The van der Waals surface area contributed by atoms with E-state index in [-0.39, 0.29) is 23.7 Å². The highest BCUT2D eigenvalue weighted by Gasteiger charge is 2.32. The number of rotatable bonds is 3. The molecule has 3 rings (SSSR count). The van der Waals surface area contributed by atoms with Crippen molar-refractivity contribution in [1.82, 2.24) is 0 Å². The second-order valence-electron chi connectivity index (χ2n) is 5.63. The first-order chi connectivity index (χ1) is 11.3. The minimum absolute atomic E-state index is 0.129. The normalized spacial score (nSPS) is 14.1. The number of sulfonamides is 1. The standard InChI is InChI=1S/C17H18FNO4S/c1-11-8-14(22-3)9-12(2)17(11)24(20,21)19-6-7-23-16-5-4-13(18)10-15(16)19/h4-5,8-10H,6-7H2,1-3H3. The smallest absolute Gasteiger partial charge is 0.265 e. The summed E-state index contributed by atoms with van der Waals surface area (Å²) < 4.78 is 51.9. The maximum atomic E-state index is 13.6. The minimum atomic E-state index is -3.85. The first-order valence-electron chi connectivity index (χ1n) is 7.45. The van der Waals surface area contributed by atoms with Crippen LogP contribution >= 0.6 is 0 Å². The van der Waals surface area contributed by atoms with E-state index >= 15 is 0 Å². The molecular weight excluding hydrogens is 333 g/mol. The molecule has 2 aromatic rings. The second kappa shape index (κ2) is 5.98. The predicted octanol–water partition coefficient (Wildman–Crippen LogP) is 3.04. The number of fused-ring (bicyclic) bond motifs is 1. The Morgan fingerprint density at radius 3 is 2.46 bits per heavy atom. The van der Waals surface area contributed by atoms with Crippen LogP contribution in [-0.2, 0) is 10.0 Å². The summed E-state index contributed by atoms with van der Waals surface area (Å²) in [6, 6.07) is 7.22. The van der Waals surface area contributed by atoms with Gasteiger partial charge in [-0.1, -0.05) is 0 Å². The van der Waals surface area contributed by atoms with Crippen molar-refractivity contribution >= 4 is 15.7 Å². The van der Waals surface area contributed by atoms with Crippen molar-refractivity contribution in [1.29, 1.82) is 0 Å². The number of hydrogen-bond donors (Lipinski definition) is 0. The first kappa shape index (κ1) is 16.6. The van der Waals surface area contributed by atoms with E-state index in [2.05, 4.69) is 0 Å². The molecule has 0 fully saturated rings. The van der Waals surface area contributed by atoms with Gasteiger partial charge in [0.2, 0.25) is 0 Å². The molecule has 0 saturated heterocycles. The van der Waals surface area contributed by atoms with Gasteiger partial charge in [-0.05, 0) is 49.2 Å². The fourth-order valence-electron chi connectivity index (χ4n) is 2.96. The van der Waals surface area contributed by atoms with Gasteiger partial charge in [0.05, 0.1) is 24.2 Å². The lowest BCUT2D eigenvalue weighted by Crippen LogP contribution is -2.38. The Bertz CT molecular complexity index is 872. The van der Waals surface area contributed by atoms with Gasteiger partial charge in [0, 0.05) is 6.07 Å². The lowest BCUT2D eigenvalue weighted by molar-refractivity contribution is 0.315. The first-order valence-corrected chi connectivity index (χ1v) is 8.89. The third-order valence-electron chi connectivity index (χ3n) is 3.96. The van der Waals surface area contributed by atoms with Gasteiger partial charge in [-0.15, -0.1) is 0 Å². The monoisotopic (exact) mass is 351 g/mol. The third kappa shape index (κ3) is 2.69. The molecule has 0 spiro atoms. The summed E-state index contributed by atoms with van der Waals surface area (Å²) in [5.74, 6) is 0.440. The van der Waals surface area contributed by atoms with Crippen molar-refractivity contribution in [3.05, 3.63) is 47.3 Å². The summed E-state index contributed by atoms with van der Waals surface area (Å²) in [6.07, 6.45) is 0. The predicted molar refractivity (Wildman–Crippen MR) is 88.9 cm³/mol. The van der Waals surface area contributed by atoms with Crippen molar-refractivity contribution in [2.45, 2.75) is 18.7 Å². The molecule has 0 radical (unpaired) electrons. The molecule has 0 aromatic heterocycles. The van der Waals surface area contributed by atoms with Crippen molar-refractivity contribution in [2.75, 3.05) is 24.6 Å². The lowest BCUT2D eigenvalue weighted by atomic mass is 10.1. The lowest BCUT2D eigenvalue weighted by Gasteiger charge is -2.31. The molecule has 5 nitrogen and oxygen atoms in total. The summed E-state index contributed by atoms with van der Waals surface area (Å²) in [5, 5.41) is 0. The van der Waals surface area contributed by atoms with E-state index in [9.17, 15) is 12.8 Å². The molecule has 0 saturated carbocycles. The summed E-state index contributed by atoms with van der Waals surface area (Å²) >= 11 is 0. The van der Waals surface area contributed by atoms with Crippen molar-refractivity contribution in [3.8, 4) is 11.5 Å². The summed E-state index contributed by atoms with van der Waals surface area (Å²) in [7, 11) is -2.32. The van der Waals surface area contributed by atoms with Crippen LogP contribution in [0.15, 0.2) is 35.2 Å². The summed E-state index contributed by atoms with van der Waals surface area (Å²) in [6.45, 7) is 3.78. The van der Waals surface area contributed by atoms with Gasteiger partial charge in [0.1, 0.15) is 23.9 Å². The van der Waals surface area contributed by atoms with Crippen LogP contribution in [0.2, 0.25) is 0 Å². The molecule has 0 amide bonds. The van der Waals surface area contributed by atoms with E-state index < -0.39 is 15.8 Å². The zero-order valence-corrected chi connectivity index (χ0v) is 14.5. The van der Waals surface area contributed by atoms with E-state index in [4.69, 9.17) is 9.47 Å². The number of nitrogens with zero attached hydrogens (tertiary/aromatic N) is 1. The molecular formula is C17H18FNO4S. The van der Waals surface area contributed by atoms with Crippen LogP contribution in [0.25, 0.3) is 0 Å². The van der Waals surface area contributed by atoms with E-state index in [0.29, 0.717) is 22.6 Å². The van der Waals surface area contributed by atoms with Gasteiger partial charge in [0.15, 0.2) is 0 Å². The highest BCUT2D eigenvalue weighted by molar-refractivity contribution is 7.93. The van der Waals surface area contributed by atoms with Gasteiger partial charge < -0.3 is 9.47 Å². The Hall–Kier alpha value is -2.28. The molecule has 2 aromatic carbocycles. The molecule has 0 bridgehead atoms. The van der Waals surface area contributed by atoms with Gasteiger partial charge in [-0.25, -0.2) is 12.8 Å². The second-order valence-corrected chi connectivity index (χ2v) is 7.43. The number of hydrogen-bond acceptors (Lipinski definition) is 4. The van der Waals surface area contributed by atoms with Gasteiger partial charge in [0.25, 0.3) is 10.0 Å². The van der Waals surface area contributed by atoms with Crippen LogP contribution in [0.4, 0.5) is 10.1 Å². The SMILES string of the molecule is COc1cc(C)c(S(=O)(=O)N2CCOc3ccc(F)cc32)c(C)c1. The Morgan fingerprint density at radius 2 is 1.83 bits per heavy atom. The highest BCUT2D eigenvalue weighted by Crippen LogP contribution is 2.37. The molecule has 1 aliphatic heterocycles. The van der Waals surface area contributed by atoms with Crippen molar-refractivity contribution < 1.29 is 22.3 Å². The Labute approximate surface area is 140 Å². The van der Waals surface area contributed by atoms with Crippen molar-refractivity contribution in [3.63, 3.8) is 0 Å². The number of aryl methyl sites for hydroxylation is 2. The zero-order valence-electron chi connectivity index (χ0n) is 13.7. The molecule has 0 atom stereocenters. The maximum Gasteiger partial charge on any atom is 0.265 e. The van der Waals surface area contributed by atoms with Crippen LogP contribution in [0.3, 0.4) is 0 Å². The average molecular weight is 351 g/mol. The van der Waals surface area contributed by atoms with Gasteiger partial charge >= 0.3 is 0 Å². The number of ether oxygens (including phenoxy) is 2. The molecule has 1 heterocycles. The molecule has 7 heteroatoms. The highest BCUT2D eigenvalue weighted by atomic mass is 32.2. The van der Waals surface area contributed by atoms with E-state index in [1.54, 1.807) is 26.0 Å². The van der Waals surface area contributed by atoms with E-state index in [0.717, 1.165) is 0 Å². The molecule has 0 aliphatic carbocycles. The van der Waals surface area contributed by atoms with Crippen LogP contribution in [0.1, 0.15) is 11.1 Å². The molecule has 0 N–H and O–H groups in total.